The molecule has 0 aromatic carbocycles. The van der Waals surface area contributed by atoms with Crippen molar-refractivity contribution in [2.24, 2.45) is 0 Å². The minimum absolute atomic E-state index is 0.277. The van der Waals surface area contributed by atoms with Gasteiger partial charge in [-0.1, -0.05) is 13.8 Å². The zero-order valence-corrected chi connectivity index (χ0v) is 14.8. The van der Waals surface area contributed by atoms with Gasteiger partial charge in [0.1, 0.15) is 0 Å². The minimum Gasteiger partial charge on any atom is -0.0683 e. The Balaban J connectivity index is 0.00000154. The first kappa shape index (κ1) is 19.1. The van der Waals surface area contributed by atoms with E-state index in [0.29, 0.717) is 0 Å². The van der Waals surface area contributed by atoms with E-state index < -0.39 is 0 Å². The Morgan fingerprint density at radius 3 is 1.89 bits per heavy atom. The van der Waals surface area contributed by atoms with Crippen molar-refractivity contribution in [3.8, 4) is 0 Å². The molecule has 0 atom stereocenters. The monoisotopic (exact) mass is 324 g/mol. The molecule has 1 heterocycles. The van der Waals surface area contributed by atoms with E-state index in [1.54, 1.807) is 6.08 Å². The van der Waals surface area contributed by atoms with Crippen LogP contribution in [0.25, 0.3) is 0 Å². The molecule has 1 rings (SSSR count). The second-order valence-electron chi connectivity index (χ2n) is 5.25. The Morgan fingerprint density at radius 2 is 1.53 bits per heavy atom. The first-order chi connectivity index (χ1) is 8.69. The zero-order chi connectivity index (χ0) is 15.3. The summed E-state index contributed by atoms with van der Waals surface area (Å²) in [4.78, 5) is 0. The molecule has 0 amide bonds. The standard InChI is InChI=1S/C11H18B3BrO2.C2H6/c1-7-9(15)13-12-8(2)14-16-10(3,4)11(5,6)17-14;1-2/h7H,1H2,2-6H3;1-2H3. The average molecular weight is 325 g/mol. The molecule has 0 saturated carbocycles. The number of hydrogen-bond donors (Lipinski definition) is 0. The van der Waals surface area contributed by atoms with E-state index in [4.69, 9.17) is 9.31 Å². The van der Waals surface area contributed by atoms with Crippen molar-refractivity contribution < 1.29 is 9.31 Å². The average Bonchev–Trinajstić information content (AvgIpc) is 2.57. The fourth-order valence-electron chi connectivity index (χ4n) is 1.39. The smallest absolute Gasteiger partial charge is 0.0683 e. The topological polar surface area (TPSA) is 18.5 Å². The van der Waals surface area contributed by atoms with Gasteiger partial charge < -0.3 is 0 Å². The van der Waals surface area contributed by atoms with Crippen LogP contribution in [0.15, 0.2) is 12.7 Å². The normalized spacial score (nSPS) is 20.9. The summed E-state index contributed by atoms with van der Waals surface area (Å²) in [5, 5.41) is 1.04. The summed E-state index contributed by atoms with van der Waals surface area (Å²) in [7, 11) is -0.277. The van der Waals surface area contributed by atoms with Crippen molar-refractivity contribution in [1.29, 1.82) is 0 Å². The molecule has 1 fully saturated rings. The van der Waals surface area contributed by atoms with E-state index in [1.807, 2.05) is 34.4 Å². The summed E-state index contributed by atoms with van der Waals surface area (Å²) < 4.78 is 12.8. The van der Waals surface area contributed by atoms with Crippen molar-refractivity contribution >= 4 is 46.4 Å². The largest absolute Gasteiger partial charge is 0.0683 e. The van der Waals surface area contributed by atoms with E-state index in [0.717, 1.165) is 9.74 Å². The molecular weight excluding hydrogens is 300 g/mol. The molecule has 19 heavy (non-hydrogen) atoms. The molecule has 1 aliphatic heterocycles. The molecular formula is C13H24B3BrO2. The van der Waals surface area contributed by atoms with Gasteiger partial charge in [0.2, 0.25) is 0 Å². The Kier molecular flexibility index (Phi) is 7.78. The third-order valence-electron chi connectivity index (χ3n) is 3.33. The summed E-state index contributed by atoms with van der Waals surface area (Å²) in [6.07, 6.45) is 1.74. The van der Waals surface area contributed by atoms with Crippen molar-refractivity contribution in [3.05, 3.63) is 12.7 Å². The molecule has 1 saturated heterocycles. The second kappa shape index (κ2) is 7.75. The van der Waals surface area contributed by atoms with Crippen LogP contribution in [0.3, 0.4) is 0 Å². The number of halogens is 1. The van der Waals surface area contributed by atoms with Gasteiger partial charge in [-0.25, -0.2) is 0 Å². The number of hydrogen-bond acceptors (Lipinski definition) is 2. The van der Waals surface area contributed by atoms with Crippen molar-refractivity contribution in [3.63, 3.8) is 0 Å². The quantitative estimate of drug-likeness (QED) is 0.743. The van der Waals surface area contributed by atoms with Crippen LogP contribution in [-0.2, 0) is 9.31 Å². The summed E-state index contributed by atoms with van der Waals surface area (Å²) >= 11 is 3.38. The number of allylic oxidation sites excluding steroid dienone is 1. The zero-order valence-electron chi connectivity index (χ0n) is 13.2. The maximum absolute atomic E-state index is 5.93. The first-order valence-corrected chi connectivity index (χ1v) is 7.51. The Hall–Kier alpha value is 0.0748. The molecule has 0 radical (unpaired) electrons. The van der Waals surface area contributed by atoms with Crippen molar-refractivity contribution in [2.75, 3.05) is 0 Å². The van der Waals surface area contributed by atoms with Gasteiger partial charge in [-0.05, 0) is 0 Å². The van der Waals surface area contributed by atoms with Gasteiger partial charge in [-0.3, -0.25) is 0 Å². The van der Waals surface area contributed by atoms with Gasteiger partial charge in [0.15, 0.2) is 0 Å². The van der Waals surface area contributed by atoms with Crippen LogP contribution in [0, 0.1) is 0 Å². The van der Waals surface area contributed by atoms with Crippen LogP contribution in [0.1, 0.15) is 48.5 Å². The van der Waals surface area contributed by atoms with Crippen LogP contribution in [0.5, 0.6) is 0 Å². The molecule has 1 aliphatic rings. The van der Waals surface area contributed by atoms with Crippen LogP contribution >= 0.6 is 15.9 Å². The van der Waals surface area contributed by atoms with Gasteiger partial charge in [0, 0.05) is 0 Å². The van der Waals surface area contributed by atoms with Gasteiger partial charge >= 0.3 is 114 Å². The molecule has 0 spiro atoms. The molecule has 0 aromatic heterocycles. The van der Waals surface area contributed by atoms with Crippen LogP contribution < -0.4 is 0 Å². The van der Waals surface area contributed by atoms with Crippen LogP contribution in [0.2, 0.25) is 0 Å². The summed E-state index contributed by atoms with van der Waals surface area (Å²) in [6.45, 7) is 21.8. The van der Waals surface area contributed by atoms with Crippen molar-refractivity contribution in [2.45, 2.75) is 59.7 Å². The molecule has 0 N–H and O–H groups in total. The van der Waals surface area contributed by atoms with Gasteiger partial charge in [-0.15, -0.1) is 0 Å². The summed E-state index contributed by atoms with van der Waals surface area (Å²) in [5.41, 5.74) is -0.571. The molecule has 2 nitrogen and oxygen atoms in total. The van der Waals surface area contributed by atoms with Crippen molar-refractivity contribution in [1.82, 2.24) is 0 Å². The SMILES string of the molecule is C=CC(Br)=BB=C(C)B1OC(C)(C)C(C)(C)O1.CC. The molecule has 0 aliphatic carbocycles. The predicted molar refractivity (Wildman–Crippen MR) is 93.8 cm³/mol. The van der Waals surface area contributed by atoms with E-state index >= 15 is 0 Å². The maximum Gasteiger partial charge on any atom is -0.0683 e. The Labute approximate surface area is 128 Å². The Morgan fingerprint density at radius 1 is 1.11 bits per heavy atom. The predicted octanol–water partition coefficient (Wildman–Crippen LogP) is 2.87. The molecule has 0 bridgehead atoms. The summed E-state index contributed by atoms with van der Waals surface area (Å²) in [6, 6.07) is 0. The van der Waals surface area contributed by atoms with Crippen LogP contribution in [-0.4, -0.2) is 41.7 Å². The van der Waals surface area contributed by atoms with Crippen LogP contribution in [0.4, 0.5) is 0 Å². The van der Waals surface area contributed by atoms with E-state index in [2.05, 4.69) is 50.2 Å². The molecule has 6 heteroatoms. The number of rotatable bonds is 3. The molecule has 0 aromatic rings. The third-order valence-corrected chi connectivity index (χ3v) is 3.91. The second-order valence-corrected chi connectivity index (χ2v) is 6.17. The minimum atomic E-state index is -0.286. The fourth-order valence-corrected chi connectivity index (χ4v) is 1.52. The molecule has 0 unspecified atom stereocenters. The Bertz CT molecular complexity index is 360. The molecule has 104 valence electrons. The fraction of sp³-hybridized carbons (Fsp3) is 0.692. The third kappa shape index (κ3) is 5.16. The maximum atomic E-state index is 5.93. The van der Waals surface area contributed by atoms with Gasteiger partial charge in [0.05, 0.1) is 0 Å². The van der Waals surface area contributed by atoms with Gasteiger partial charge in [-0.2, -0.15) is 0 Å². The van der Waals surface area contributed by atoms with E-state index in [1.165, 1.54) is 0 Å². The van der Waals surface area contributed by atoms with E-state index in [9.17, 15) is 0 Å². The first-order valence-electron chi connectivity index (χ1n) is 6.71. The van der Waals surface area contributed by atoms with E-state index in [-0.39, 0.29) is 18.3 Å². The summed E-state index contributed by atoms with van der Waals surface area (Å²) in [5.74, 6) is 0. The van der Waals surface area contributed by atoms with Gasteiger partial charge in [0.25, 0.3) is 0 Å².